The van der Waals surface area contributed by atoms with Crippen molar-refractivity contribution in [1.82, 2.24) is 0 Å². The monoisotopic (exact) mass is 181 g/mol. The van der Waals surface area contributed by atoms with Gasteiger partial charge in [0, 0.05) is 0 Å². The number of nitrogens with zero attached hydrogens (tertiary/aromatic N) is 1. The normalized spacial score (nSPS) is 35.4. The fourth-order valence-electron chi connectivity index (χ4n) is 0.830. The van der Waals surface area contributed by atoms with Crippen LogP contribution in [-0.4, -0.2) is 31.6 Å². The minimum atomic E-state index is -3.08. The summed E-state index contributed by atoms with van der Waals surface area (Å²) < 4.78 is 44.9. The maximum atomic E-state index is 12.1. The van der Waals surface area contributed by atoms with Crippen molar-refractivity contribution in [3.05, 3.63) is 0 Å². The van der Waals surface area contributed by atoms with E-state index < -0.39 is 25.0 Å². The lowest BCUT2D eigenvalue weighted by molar-refractivity contribution is -0.203. The van der Waals surface area contributed by atoms with E-state index in [4.69, 9.17) is 5.26 Å². The third-order valence-corrected chi connectivity index (χ3v) is 1.44. The number of nitriles is 1. The number of ether oxygens (including phenoxy) is 2. The second kappa shape index (κ2) is 3.29. The van der Waals surface area contributed by atoms with Gasteiger partial charge in [0.2, 0.25) is 0 Å². The number of hydrogen-bond donors (Lipinski definition) is 0. The molecule has 1 heterocycles. The third kappa shape index (κ3) is 1.38. The number of rotatable bonds is 2. The molecule has 0 aromatic rings. The molecule has 0 aromatic heterocycles. The van der Waals surface area contributed by atoms with Gasteiger partial charge in [0.1, 0.15) is 18.8 Å². The summed E-state index contributed by atoms with van der Waals surface area (Å²) in [6.45, 7) is -1.25. The lowest BCUT2D eigenvalue weighted by Gasteiger charge is -2.17. The molecule has 0 aromatic carbocycles. The summed E-state index contributed by atoms with van der Waals surface area (Å²) in [5.41, 5.74) is 0. The zero-order valence-corrected chi connectivity index (χ0v) is 5.97. The average molecular weight is 181 g/mol. The molecule has 1 aliphatic heterocycles. The Bertz CT molecular complexity index is 205. The molecule has 3 nitrogen and oxygen atoms in total. The minimum Gasteiger partial charge on any atom is -0.331 e. The minimum absolute atomic E-state index is 0.311. The van der Waals surface area contributed by atoms with Crippen LogP contribution in [0.25, 0.3) is 0 Å². The molecule has 0 bridgehead atoms. The Hall–Kier alpha value is -0.800. The number of halogens is 3. The molecule has 1 fully saturated rings. The van der Waals surface area contributed by atoms with Gasteiger partial charge in [0.15, 0.2) is 0 Å². The fraction of sp³-hybridized carbons (Fsp3) is 0.833. The highest BCUT2D eigenvalue weighted by atomic mass is 19.3. The van der Waals surface area contributed by atoms with Crippen LogP contribution in [-0.2, 0) is 9.47 Å². The van der Waals surface area contributed by atoms with Crippen molar-refractivity contribution < 1.29 is 22.6 Å². The van der Waals surface area contributed by atoms with Crippen molar-refractivity contribution >= 4 is 0 Å². The lowest BCUT2D eigenvalue weighted by atomic mass is 10.3. The zero-order chi connectivity index (χ0) is 9.19. The zero-order valence-electron chi connectivity index (χ0n) is 5.97. The Morgan fingerprint density at radius 2 is 2.33 bits per heavy atom. The summed E-state index contributed by atoms with van der Waals surface area (Å²) in [7, 11) is 0. The first-order valence-corrected chi connectivity index (χ1v) is 3.22. The van der Waals surface area contributed by atoms with Crippen LogP contribution in [0, 0.1) is 11.3 Å². The molecule has 1 aliphatic rings. The van der Waals surface area contributed by atoms with Gasteiger partial charge in [-0.05, 0) is 0 Å². The molecule has 0 spiro atoms. The summed E-state index contributed by atoms with van der Waals surface area (Å²) in [6, 6.07) is 1.18. The van der Waals surface area contributed by atoms with Gasteiger partial charge < -0.3 is 9.47 Å². The third-order valence-electron chi connectivity index (χ3n) is 1.44. The first-order chi connectivity index (χ1) is 5.64. The van der Waals surface area contributed by atoms with Crippen LogP contribution in [0.2, 0.25) is 0 Å². The van der Waals surface area contributed by atoms with Crippen LogP contribution in [0.5, 0.6) is 0 Å². The topological polar surface area (TPSA) is 42.2 Å². The van der Waals surface area contributed by atoms with Crippen molar-refractivity contribution in [2.24, 2.45) is 0 Å². The standard InChI is InChI=1S/C6H6F3NO2/c7-1-4-2-11-6(3-10,12-4)5(8)9/h4-5H,1-2H2. The van der Waals surface area contributed by atoms with E-state index in [-0.39, 0.29) is 6.61 Å². The van der Waals surface area contributed by atoms with Gasteiger partial charge in [-0.2, -0.15) is 5.26 Å². The van der Waals surface area contributed by atoms with E-state index in [1.165, 1.54) is 6.07 Å². The lowest BCUT2D eigenvalue weighted by Crippen LogP contribution is -2.37. The Kier molecular flexibility index (Phi) is 2.55. The van der Waals surface area contributed by atoms with Crippen molar-refractivity contribution in [3.63, 3.8) is 0 Å². The maximum Gasteiger partial charge on any atom is 0.322 e. The quantitative estimate of drug-likeness (QED) is 0.634. The molecular formula is C6H6F3NO2. The molecule has 0 amide bonds. The van der Waals surface area contributed by atoms with Crippen LogP contribution >= 0.6 is 0 Å². The smallest absolute Gasteiger partial charge is 0.322 e. The van der Waals surface area contributed by atoms with Gasteiger partial charge in [-0.15, -0.1) is 0 Å². The van der Waals surface area contributed by atoms with E-state index in [1.807, 2.05) is 0 Å². The van der Waals surface area contributed by atoms with Crippen molar-refractivity contribution in [2.75, 3.05) is 13.3 Å². The van der Waals surface area contributed by atoms with Crippen molar-refractivity contribution in [1.29, 1.82) is 5.26 Å². The SMILES string of the molecule is N#CC1(C(F)F)OCC(CF)O1. The van der Waals surface area contributed by atoms with Crippen LogP contribution in [0.15, 0.2) is 0 Å². The first-order valence-electron chi connectivity index (χ1n) is 3.22. The highest BCUT2D eigenvalue weighted by Crippen LogP contribution is 2.29. The molecule has 68 valence electrons. The molecule has 0 aliphatic carbocycles. The summed E-state index contributed by atoms with van der Waals surface area (Å²) in [6.07, 6.45) is -4.14. The second-order valence-electron chi connectivity index (χ2n) is 2.29. The van der Waals surface area contributed by atoms with Gasteiger partial charge in [-0.25, -0.2) is 13.2 Å². The summed E-state index contributed by atoms with van der Waals surface area (Å²) in [5, 5.41) is 8.30. The maximum absolute atomic E-state index is 12.1. The second-order valence-corrected chi connectivity index (χ2v) is 2.29. The highest BCUT2D eigenvalue weighted by molar-refractivity contribution is 5.00. The van der Waals surface area contributed by atoms with E-state index in [0.717, 1.165) is 0 Å². The largest absolute Gasteiger partial charge is 0.331 e. The van der Waals surface area contributed by atoms with E-state index in [1.54, 1.807) is 0 Å². The Labute approximate surface area is 66.7 Å². The predicted octanol–water partition coefficient (Wildman–Crippen LogP) is 0.856. The van der Waals surface area contributed by atoms with Gasteiger partial charge in [-0.3, -0.25) is 0 Å². The number of hydrogen-bond acceptors (Lipinski definition) is 3. The molecule has 2 unspecified atom stereocenters. The van der Waals surface area contributed by atoms with E-state index >= 15 is 0 Å². The van der Waals surface area contributed by atoms with E-state index in [0.29, 0.717) is 0 Å². The molecule has 2 atom stereocenters. The van der Waals surface area contributed by atoms with Crippen LogP contribution in [0.3, 0.4) is 0 Å². The van der Waals surface area contributed by atoms with Gasteiger partial charge >= 0.3 is 12.2 Å². The van der Waals surface area contributed by atoms with Gasteiger partial charge in [0.05, 0.1) is 6.61 Å². The summed E-state index contributed by atoms with van der Waals surface area (Å²) in [4.78, 5) is 0. The molecule has 1 rings (SSSR count). The molecule has 0 N–H and O–H groups in total. The summed E-state index contributed by atoms with van der Waals surface area (Å²) >= 11 is 0. The van der Waals surface area contributed by atoms with E-state index in [2.05, 4.69) is 9.47 Å². The molecule has 0 radical (unpaired) electrons. The van der Waals surface area contributed by atoms with Crippen LogP contribution in [0.1, 0.15) is 0 Å². The summed E-state index contributed by atoms with van der Waals surface area (Å²) in [5.74, 6) is -2.56. The van der Waals surface area contributed by atoms with E-state index in [9.17, 15) is 13.2 Å². The average Bonchev–Trinajstić information content (AvgIpc) is 2.48. The van der Waals surface area contributed by atoms with Crippen molar-refractivity contribution in [2.45, 2.75) is 18.3 Å². The van der Waals surface area contributed by atoms with Crippen molar-refractivity contribution in [3.8, 4) is 6.07 Å². The van der Waals surface area contributed by atoms with Gasteiger partial charge in [0.25, 0.3) is 0 Å². The van der Waals surface area contributed by atoms with Crippen LogP contribution < -0.4 is 0 Å². The Balaban J connectivity index is 2.68. The molecule has 1 saturated heterocycles. The number of alkyl halides is 3. The molecule has 12 heavy (non-hydrogen) atoms. The van der Waals surface area contributed by atoms with Gasteiger partial charge in [-0.1, -0.05) is 0 Å². The molecular weight excluding hydrogens is 175 g/mol. The predicted molar refractivity (Wildman–Crippen MR) is 31.1 cm³/mol. The molecule has 0 saturated carbocycles. The van der Waals surface area contributed by atoms with Crippen LogP contribution in [0.4, 0.5) is 13.2 Å². The molecule has 6 heteroatoms. The Morgan fingerprint density at radius 3 is 2.58 bits per heavy atom. The highest BCUT2D eigenvalue weighted by Gasteiger charge is 2.50. The first kappa shape index (κ1) is 9.29. The fourth-order valence-corrected chi connectivity index (χ4v) is 0.830. The Morgan fingerprint density at radius 1 is 1.67 bits per heavy atom.